The van der Waals surface area contributed by atoms with Gasteiger partial charge in [0.1, 0.15) is 5.75 Å². The van der Waals surface area contributed by atoms with Crippen molar-refractivity contribution in [1.29, 1.82) is 0 Å². The number of benzene rings is 1. The Hall–Kier alpha value is -2.48. The van der Waals surface area contributed by atoms with Crippen LogP contribution < -0.4 is 10.1 Å². The van der Waals surface area contributed by atoms with Crippen molar-refractivity contribution in [1.82, 2.24) is 19.8 Å². The number of hydrogen-bond donors (Lipinski definition) is 1. The molecule has 2 aromatic heterocycles. The maximum atomic E-state index is 12.3. The van der Waals surface area contributed by atoms with Crippen LogP contribution in [0.25, 0.3) is 4.96 Å². The molecule has 0 spiro atoms. The highest BCUT2D eigenvalue weighted by molar-refractivity contribution is 7.20. The Kier molecular flexibility index (Phi) is 3.53. The molecule has 0 aliphatic heterocycles. The minimum Gasteiger partial charge on any atom is -0.493 e. The predicted octanol–water partition coefficient (Wildman–Crippen LogP) is 2.15. The Bertz CT molecular complexity index is 795. The van der Waals surface area contributed by atoms with Crippen LogP contribution in [-0.4, -0.2) is 32.3 Å². The largest absolute Gasteiger partial charge is 0.493 e. The summed E-state index contributed by atoms with van der Waals surface area (Å²) in [7, 11) is 0. The SMILES string of the molecule is CCOc1ccccc1C(=O)Nc1nn2c(C)nnc2s1. The van der Waals surface area contributed by atoms with Gasteiger partial charge in [-0.2, -0.15) is 4.52 Å². The summed E-state index contributed by atoms with van der Waals surface area (Å²) < 4.78 is 7.05. The van der Waals surface area contributed by atoms with Gasteiger partial charge in [-0.1, -0.05) is 23.5 Å². The zero-order valence-corrected chi connectivity index (χ0v) is 12.3. The Morgan fingerprint density at radius 2 is 2.19 bits per heavy atom. The molecule has 0 radical (unpaired) electrons. The van der Waals surface area contributed by atoms with Gasteiger partial charge in [-0.25, -0.2) is 0 Å². The van der Waals surface area contributed by atoms with Gasteiger partial charge in [0.25, 0.3) is 5.91 Å². The minimum atomic E-state index is -0.262. The van der Waals surface area contributed by atoms with Crippen molar-refractivity contribution in [2.75, 3.05) is 11.9 Å². The molecule has 21 heavy (non-hydrogen) atoms. The molecule has 3 aromatic rings. The topological polar surface area (TPSA) is 81.4 Å². The first kappa shape index (κ1) is 13.5. The predicted molar refractivity (Wildman–Crippen MR) is 79.0 cm³/mol. The van der Waals surface area contributed by atoms with Crippen LogP contribution in [-0.2, 0) is 0 Å². The zero-order valence-electron chi connectivity index (χ0n) is 11.5. The third-order valence-corrected chi connectivity index (χ3v) is 3.61. The first-order chi connectivity index (χ1) is 10.2. The number of hydrogen-bond acceptors (Lipinski definition) is 6. The van der Waals surface area contributed by atoms with Gasteiger partial charge in [-0.3, -0.25) is 10.1 Å². The minimum absolute atomic E-state index is 0.262. The smallest absolute Gasteiger partial charge is 0.261 e. The number of amides is 1. The lowest BCUT2D eigenvalue weighted by molar-refractivity contribution is 0.102. The summed E-state index contributed by atoms with van der Waals surface area (Å²) in [6, 6.07) is 7.10. The summed E-state index contributed by atoms with van der Waals surface area (Å²) in [5, 5.41) is 15.3. The van der Waals surface area contributed by atoms with Crippen LogP contribution in [0.3, 0.4) is 0 Å². The number of fused-ring (bicyclic) bond motifs is 1. The number of aryl methyl sites for hydroxylation is 1. The zero-order chi connectivity index (χ0) is 14.8. The Morgan fingerprint density at radius 3 is 2.95 bits per heavy atom. The van der Waals surface area contributed by atoms with Crippen molar-refractivity contribution in [2.24, 2.45) is 0 Å². The number of carbonyl (C=O) groups excluding carboxylic acids is 1. The van der Waals surface area contributed by atoms with Gasteiger partial charge in [0.2, 0.25) is 10.1 Å². The third kappa shape index (κ3) is 2.57. The van der Waals surface area contributed by atoms with E-state index in [0.29, 0.717) is 33.8 Å². The Labute approximate surface area is 124 Å². The van der Waals surface area contributed by atoms with Crippen molar-refractivity contribution >= 4 is 27.3 Å². The van der Waals surface area contributed by atoms with Gasteiger partial charge in [0, 0.05) is 0 Å². The van der Waals surface area contributed by atoms with E-state index in [1.54, 1.807) is 29.6 Å². The van der Waals surface area contributed by atoms with Crippen LogP contribution in [0.2, 0.25) is 0 Å². The molecule has 8 heteroatoms. The van der Waals surface area contributed by atoms with Crippen molar-refractivity contribution in [3.05, 3.63) is 35.7 Å². The molecule has 1 amide bonds. The first-order valence-corrected chi connectivity index (χ1v) is 7.22. The van der Waals surface area contributed by atoms with Crippen molar-refractivity contribution in [2.45, 2.75) is 13.8 Å². The molecular weight excluding hydrogens is 290 g/mol. The number of nitrogens with zero attached hydrogens (tertiary/aromatic N) is 4. The highest BCUT2D eigenvalue weighted by Crippen LogP contribution is 2.22. The van der Waals surface area contributed by atoms with Crippen LogP contribution in [0.4, 0.5) is 5.13 Å². The van der Waals surface area contributed by atoms with E-state index in [9.17, 15) is 4.79 Å². The van der Waals surface area contributed by atoms with Gasteiger partial charge < -0.3 is 4.74 Å². The molecule has 108 valence electrons. The number of ether oxygens (including phenoxy) is 1. The van der Waals surface area contributed by atoms with Gasteiger partial charge in [-0.15, -0.1) is 15.3 Å². The fraction of sp³-hybridized carbons (Fsp3) is 0.231. The van der Waals surface area contributed by atoms with E-state index < -0.39 is 0 Å². The molecule has 0 fully saturated rings. The molecule has 0 bridgehead atoms. The van der Waals surface area contributed by atoms with E-state index in [1.807, 2.05) is 13.0 Å². The van der Waals surface area contributed by atoms with E-state index in [1.165, 1.54) is 11.3 Å². The highest BCUT2D eigenvalue weighted by atomic mass is 32.1. The molecule has 3 rings (SSSR count). The van der Waals surface area contributed by atoms with Gasteiger partial charge in [0.15, 0.2) is 5.82 Å². The van der Waals surface area contributed by atoms with Gasteiger partial charge in [0.05, 0.1) is 12.2 Å². The number of carbonyl (C=O) groups is 1. The van der Waals surface area contributed by atoms with Crippen LogP contribution in [0, 0.1) is 6.92 Å². The van der Waals surface area contributed by atoms with Gasteiger partial charge >= 0.3 is 0 Å². The van der Waals surface area contributed by atoms with Crippen molar-refractivity contribution in [3.8, 4) is 5.75 Å². The average molecular weight is 303 g/mol. The van der Waals surface area contributed by atoms with Crippen molar-refractivity contribution in [3.63, 3.8) is 0 Å². The number of rotatable bonds is 4. The lowest BCUT2D eigenvalue weighted by atomic mass is 10.2. The van der Waals surface area contributed by atoms with Crippen LogP contribution >= 0.6 is 11.3 Å². The maximum absolute atomic E-state index is 12.3. The highest BCUT2D eigenvalue weighted by Gasteiger charge is 2.15. The Balaban J connectivity index is 1.85. The van der Waals surface area contributed by atoms with Gasteiger partial charge in [-0.05, 0) is 26.0 Å². The van der Waals surface area contributed by atoms with E-state index in [0.717, 1.165) is 0 Å². The molecule has 0 unspecified atom stereocenters. The second-order valence-corrected chi connectivity index (χ2v) is 5.19. The van der Waals surface area contributed by atoms with E-state index >= 15 is 0 Å². The van der Waals surface area contributed by atoms with Crippen molar-refractivity contribution < 1.29 is 9.53 Å². The number of aromatic nitrogens is 4. The van der Waals surface area contributed by atoms with Crippen LogP contribution in [0.5, 0.6) is 5.75 Å². The third-order valence-electron chi connectivity index (χ3n) is 2.80. The number of anilines is 1. The summed E-state index contributed by atoms with van der Waals surface area (Å²) in [5.41, 5.74) is 0.474. The second-order valence-electron chi connectivity index (χ2n) is 4.23. The average Bonchev–Trinajstić information content (AvgIpc) is 3.02. The molecule has 0 saturated carbocycles. The Morgan fingerprint density at radius 1 is 1.38 bits per heavy atom. The van der Waals surface area contributed by atoms with Crippen LogP contribution in [0.15, 0.2) is 24.3 Å². The molecule has 0 aliphatic rings. The molecule has 0 atom stereocenters. The monoisotopic (exact) mass is 303 g/mol. The van der Waals surface area contributed by atoms with E-state index in [-0.39, 0.29) is 5.91 Å². The van der Waals surface area contributed by atoms with Crippen LogP contribution in [0.1, 0.15) is 23.1 Å². The van der Waals surface area contributed by atoms with E-state index in [2.05, 4.69) is 20.6 Å². The summed E-state index contributed by atoms with van der Waals surface area (Å²) in [4.78, 5) is 13.0. The summed E-state index contributed by atoms with van der Waals surface area (Å²) in [5.74, 6) is 0.967. The maximum Gasteiger partial charge on any atom is 0.261 e. The number of nitrogens with one attached hydrogen (secondary N) is 1. The van der Waals surface area contributed by atoms with E-state index in [4.69, 9.17) is 4.74 Å². The molecule has 7 nitrogen and oxygen atoms in total. The molecular formula is C13H13N5O2S. The molecule has 0 aliphatic carbocycles. The fourth-order valence-electron chi connectivity index (χ4n) is 1.87. The molecule has 2 heterocycles. The second kappa shape index (κ2) is 5.49. The standard InChI is InChI=1S/C13H13N5O2S/c1-3-20-10-7-5-4-6-9(10)11(19)14-12-17-18-8(2)15-16-13(18)21-12/h4-7H,3H2,1-2H3,(H,14,17,19). The quantitative estimate of drug-likeness (QED) is 0.798. The first-order valence-electron chi connectivity index (χ1n) is 6.41. The summed E-state index contributed by atoms with van der Waals surface area (Å²) in [6.45, 7) is 4.18. The molecule has 1 N–H and O–H groups in total. The fourth-order valence-corrected chi connectivity index (χ4v) is 2.65. The lowest BCUT2D eigenvalue weighted by Crippen LogP contribution is -2.13. The molecule has 0 saturated heterocycles. The summed E-state index contributed by atoms with van der Waals surface area (Å²) >= 11 is 1.27. The number of para-hydroxylation sites is 1. The summed E-state index contributed by atoms with van der Waals surface area (Å²) in [6.07, 6.45) is 0. The normalized spacial score (nSPS) is 10.8. The molecule has 1 aromatic carbocycles. The lowest BCUT2D eigenvalue weighted by Gasteiger charge is -2.08.